The second kappa shape index (κ2) is 3.98. The van der Waals surface area contributed by atoms with E-state index in [1.807, 2.05) is 0 Å². The van der Waals surface area contributed by atoms with Crippen LogP contribution in [0.15, 0.2) is 30.6 Å². The van der Waals surface area contributed by atoms with Crippen molar-refractivity contribution in [2.45, 2.75) is 0 Å². The fraction of sp³-hybridized carbons (Fsp3) is 0.0714. The summed E-state index contributed by atoms with van der Waals surface area (Å²) in [6.45, 7) is 0. The van der Waals surface area contributed by atoms with Crippen LogP contribution >= 0.6 is 0 Å². The van der Waals surface area contributed by atoms with Crippen molar-refractivity contribution in [3.63, 3.8) is 0 Å². The number of fused-ring (bicyclic) bond motifs is 2. The molecule has 1 heterocycles. The number of ketones is 2. The fourth-order valence-electron chi connectivity index (χ4n) is 2.23. The van der Waals surface area contributed by atoms with Crippen molar-refractivity contribution in [1.29, 1.82) is 0 Å². The summed E-state index contributed by atoms with van der Waals surface area (Å²) in [4.78, 5) is 28.2. The maximum atomic E-state index is 13.7. The number of nitrogens with zero attached hydrogens (tertiary/aromatic N) is 1. The highest BCUT2D eigenvalue weighted by Crippen LogP contribution is 2.33. The van der Waals surface area contributed by atoms with Crippen LogP contribution in [0.5, 0.6) is 5.75 Å². The normalized spacial score (nSPS) is 12.9. The Hall–Kier alpha value is -2.56. The van der Waals surface area contributed by atoms with Gasteiger partial charge in [-0.05, 0) is 6.07 Å². The third-order valence-corrected chi connectivity index (χ3v) is 3.09. The fourth-order valence-corrected chi connectivity index (χ4v) is 2.23. The quantitative estimate of drug-likeness (QED) is 0.669. The van der Waals surface area contributed by atoms with Gasteiger partial charge in [0.2, 0.25) is 5.78 Å². The predicted molar refractivity (Wildman–Crippen MR) is 64.1 cm³/mol. The first kappa shape index (κ1) is 11.5. The van der Waals surface area contributed by atoms with E-state index in [0.717, 1.165) is 6.20 Å². The maximum Gasteiger partial charge on any atom is 0.201 e. The van der Waals surface area contributed by atoms with E-state index in [1.165, 1.54) is 19.4 Å². The van der Waals surface area contributed by atoms with Gasteiger partial charge in [-0.25, -0.2) is 4.39 Å². The van der Waals surface area contributed by atoms with Crippen molar-refractivity contribution < 1.29 is 18.7 Å². The summed E-state index contributed by atoms with van der Waals surface area (Å²) in [6, 6.07) is 4.70. The minimum atomic E-state index is -0.799. The molecule has 1 aliphatic rings. The zero-order chi connectivity index (χ0) is 13.6. The van der Waals surface area contributed by atoms with Gasteiger partial charge in [0.05, 0.1) is 30.0 Å². The molecule has 0 aliphatic heterocycles. The molecular formula is C14H8FNO3. The van der Waals surface area contributed by atoms with Gasteiger partial charge in [0.25, 0.3) is 0 Å². The minimum Gasteiger partial charge on any atom is -0.496 e. The maximum absolute atomic E-state index is 13.7. The monoisotopic (exact) mass is 257 g/mol. The topological polar surface area (TPSA) is 56.3 Å². The molecule has 0 spiro atoms. The van der Waals surface area contributed by atoms with Gasteiger partial charge in [-0.3, -0.25) is 14.6 Å². The third kappa shape index (κ3) is 1.48. The van der Waals surface area contributed by atoms with Gasteiger partial charge in [-0.2, -0.15) is 0 Å². The summed E-state index contributed by atoms with van der Waals surface area (Å²) in [7, 11) is 1.39. The second-order valence-corrected chi connectivity index (χ2v) is 4.08. The van der Waals surface area contributed by atoms with Crippen molar-refractivity contribution in [3.05, 3.63) is 58.7 Å². The van der Waals surface area contributed by atoms with Crippen molar-refractivity contribution in [2.24, 2.45) is 0 Å². The van der Waals surface area contributed by atoms with E-state index in [-0.39, 0.29) is 28.0 Å². The molecule has 0 amide bonds. The van der Waals surface area contributed by atoms with Crippen LogP contribution in [-0.2, 0) is 0 Å². The molecule has 4 nitrogen and oxygen atoms in total. The lowest BCUT2D eigenvalue weighted by atomic mass is 9.84. The Morgan fingerprint density at radius 1 is 1.05 bits per heavy atom. The van der Waals surface area contributed by atoms with E-state index in [9.17, 15) is 14.0 Å². The summed E-state index contributed by atoms with van der Waals surface area (Å²) >= 11 is 0. The number of carbonyl (C=O) groups excluding carboxylic acids is 2. The average Bonchev–Trinajstić information content (AvgIpc) is 2.43. The molecule has 3 rings (SSSR count). The number of carbonyl (C=O) groups is 2. The summed E-state index contributed by atoms with van der Waals surface area (Å²) in [5, 5.41) is 0. The molecule has 94 valence electrons. The van der Waals surface area contributed by atoms with Crippen LogP contribution < -0.4 is 4.74 Å². The molecular weight excluding hydrogens is 249 g/mol. The van der Waals surface area contributed by atoms with Gasteiger partial charge in [0.1, 0.15) is 5.75 Å². The number of ether oxygens (including phenoxy) is 1. The summed E-state index contributed by atoms with van der Waals surface area (Å²) in [5.41, 5.74) is 0.0691. The molecule has 1 aromatic carbocycles. The standard InChI is InChI=1S/C14H8FNO3/c1-19-10-4-2-3-7-12(10)14(18)11-8(13(7)17)5-16-6-9(11)15/h2-6H,1H3. The first-order valence-electron chi connectivity index (χ1n) is 5.55. The lowest BCUT2D eigenvalue weighted by Gasteiger charge is -2.19. The lowest BCUT2D eigenvalue weighted by Crippen LogP contribution is -2.23. The van der Waals surface area contributed by atoms with Crippen LogP contribution in [-0.4, -0.2) is 23.7 Å². The summed E-state index contributed by atoms with van der Waals surface area (Å²) in [5.74, 6) is -1.51. The average molecular weight is 257 g/mol. The van der Waals surface area contributed by atoms with Crippen molar-refractivity contribution in [3.8, 4) is 5.75 Å². The number of methoxy groups -OCH3 is 1. The Morgan fingerprint density at radius 2 is 1.84 bits per heavy atom. The number of aromatic nitrogens is 1. The van der Waals surface area contributed by atoms with Crippen molar-refractivity contribution in [2.75, 3.05) is 7.11 Å². The Labute approximate surface area is 107 Å². The highest BCUT2D eigenvalue weighted by molar-refractivity contribution is 6.29. The molecule has 0 N–H and O–H groups in total. The van der Waals surface area contributed by atoms with Gasteiger partial charge < -0.3 is 4.74 Å². The molecule has 1 aromatic heterocycles. The van der Waals surface area contributed by atoms with Crippen LogP contribution in [0.2, 0.25) is 0 Å². The number of hydrogen-bond donors (Lipinski definition) is 0. The Morgan fingerprint density at radius 3 is 2.58 bits per heavy atom. The number of hydrogen-bond acceptors (Lipinski definition) is 4. The largest absolute Gasteiger partial charge is 0.496 e. The van der Waals surface area contributed by atoms with E-state index in [0.29, 0.717) is 0 Å². The molecule has 0 saturated carbocycles. The number of pyridine rings is 1. The van der Waals surface area contributed by atoms with E-state index in [4.69, 9.17) is 4.74 Å². The molecule has 5 heteroatoms. The van der Waals surface area contributed by atoms with Gasteiger partial charge in [0, 0.05) is 11.8 Å². The summed E-state index contributed by atoms with van der Waals surface area (Å²) < 4.78 is 18.8. The second-order valence-electron chi connectivity index (χ2n) is 4.08. The molecule has 0 fully saturated rings. The third-order valence-electron chi connectivity index (χ3n) is 3.09. The van der Waals surface area contributed by atoms with E-state index < -0.39 is 17.4 Å². The number of halogens is 1. The van der Waals surface area contributed by atoms with Crippen molar-refractivity contribution in [1.82, 2.24) is 4.98 Å². The van der Waals surface area contributed by atoms with Crippen LogP contribution in [0.4, 0.5) is 4.39 Å². The van der Waals surface area contributed by atoms with Crippen LogP contribution in [0.1, 0.15) is 31.8 Å². The van der Waals surface area contributed by atoms with E-state index >= 15 is 0 Å². The van der Waals surface area contributed by atoms with E-state index in [1.54, 1.807) is 12.1 Å². The highest BCUT2D eigenvalue weighted by atomic mass is 19.1. The van der Waals surface area contributed by atoms with Crippen LogP contribution in [0, 0.1) is 5.82 Å². The van der Waals surface area contributed by atoms with Gasteiger partial charge in [-0.15, -0.1) is 0 Å². The van der Waals surface area contributed by atoms with Gasteiger partial charge >= 0.3 is 0 Å². The predicted octanol–water partition coefficient (Wildman–Crippen LogP) is 2.00. The molecule has 0 unspecified atom stereocenters. The Balaban J connectivity index is 2.37. The van der Waals surface area contributed by atoms with E-state index in [2.05, 4.69) is 4.98 Å². The molecule has 1 aliphatic carbocycles. The first-order chi connectivity index (χ1) is 9.15. The van der Waals surface area contributed by atoms with Crippen LogP contribution in [0.3, 0.4) is 0 Å². The highest BCUT2D eigenvalue weighted by Gasteiger charge is 2.34. The van der Waals surface area contributed by atoms with Gasteiger partial charge in [-0.1, -0.05) is 12.1 Å². The zero-order valence-electron chi connectivity index (χ0n) is 9.94. The molecule has 0 radical (unpaired) electrons. The molecule has 0 bridgehead atoms. The first-order valence-corrected chi connectivity index (χ1v) is 5.55. The van der Waals surface area contributed by atoms with Crippen LogP contribution in [0.25, 0.3) is 0 Å². The number of rotatable bonds is 1. The molecule has 19 heavy (non-hydrogen) atoms. The molecule has 2 aromatic rings. The van der Waals surface area contributed by atoms with Gasteiger partial charge in [0.15, 0.2) is 11.6 Å². The number of benzene rings is 1. The Bertz CT molecular complexity index is 725. The van der Waals surface area contributed by atoms with Crippen molar-refractivity contribution >= 4 is 11.6 Å². The molecule has 0 atom stereocenters. The summed E-state index contributed by atoms with van der Waals surface area (Å²) in [6.07, 6.45) is 2.13. The molecule has 0 saturated heterocycles. The zero-order valence-corrected chi connectivity index (χ0v) is 9.94. The lowest BCUT2D eigenvalue weighted by molar-refractivity contribution is 0.0972. The minimum absolute atomic E-state index is 0.00856. The smallest absolute Gasteiger partial charge is 0.201 e. The Kier molecular flexibility index (Phi) is 2.41. The SMILES string of the molecule is COc1cccc2c1C(=O)c1c(F)cncc1C2=O.